The van der Waals surface area contributed by atoms with E-state index in [1.165, 1.54) is 18.4 Å². The summed E-state index contributed by atoms with van der Waals surface area (Å²) in [5.41, 5.74) is 1.19. The molecule has 0 aromatic heterocycles. The maximum Gasteiger partial charge on any atom is 0.317 e. The van der Waals surface area contributed by atoms with Gasteiger partial charge in [-0.25, -0.2) is 4.79 Å². The minimum atomic E-state index is 0.0124. The number of piperazine rings is 1. The van der Waals surface area contributed by atoms with Crippen LogP contribution >= 0.6 is 0 Å². The van der Waals surface area contributed by atoms with Crippen LogP contribution in [0.5, 0.6) is 0 Å². The molecule has 1 atom stereocenters. The monoisotopic (exact) mass is 344 g/mol. The quantitative estimate of drug-likeness (QED) is 0.824. The number of benzene rings is 1. The first-order valence-electron chi connectivity index (χ1n) is 9.27. The van der Waals surface area contributed by atoms with Crippen molar-refractivity contribution >= 4 is 11.9 Å². The van der Waals surface area contributed by atoms with Crippen LogP contribution in [-0.2, 0) is 4.79 Å². The molecule has 2 N–H and O–H groups in total. The van der Waals surface area contributed by atoms with Gasteiger partial charge in [-0.1, -0.05) is 30.3 Å². The van der Waals surface area contributed by atoms with Crippen molar-refractivity contribution in [2.45, 2.75) is 25.8 Å². The molecule has 0 radical (unpaired) electrons. The highest BCUT2D eigenvalue weighted by molar-refractivity contribution is 5.78. The van der Waals surface area contributed by atoms with Crippen LogP contribution in [0.2, 0.25) is 0 Å². The van der Waals surface area contributed by atoms with Gasteiger partial charge in [-0.15, -0.1) is 0 Å². The first-order valence-corrected chi connectivity index (χ1v) is 9.27. The van der Waals surface area contributed by atoms with E-state index in [1.54, 1.807) is 0 Å². The topological polar surface area (TPSA) is 64.7 Å². The molecule has 6 nitrogen and oxygen atoms in total. The average Bonchev–Trinajstić information content (AvgIpc) is 3.46. The Hall–Kier alpha value is -2.08. The second-order valence-electron chi connectivity index (χ2n) is 6.89. The zero-order chi connectivity index (χ0) is 17.6. The number of hydrogen-bond donors (Lipinski definition) is 2. The molecule has 1 aliphatic carbocycles. The Morgan fingerprint density at radius 1 is 1.12 bits per heavy atom. The molecule has 1 aromatic carbocycles. The molecular formula is C19H28N4O2. The number of amides is 3. The van der Waals surface area contributed by atoms with E-state index < -0.39 is 0 Å². The third-order valence-electron chi connectivity index (χ3n) is 4.93. The maximum absolute atomic E-state index is 12.7. The van der Waals surface area contributed by atoms with Crippen LogP contribution in [0, 0.1) is 5.92 Å². The molecule has 3 amide bonds. The van der Waals surface area contributed by atoms with E-state index in [2.05, 4.69) is 27.7 Å². The number of urea groups is 1. The molecule has 1 unspecified atom stereocenters. The van der Waals surface area contributed by atoms with E-state index in [0.29, 0.717) is 32.1 Å². The van der Waals surface area contributed by atoms with Crippen LogP contribution < -0.4 is 10.6 Å². The molecular weight excluding hydrogens is 316 g/mol. The lowest BCUT2D eigenvalue weighted by atomic mass is 10.0. The first-order chi connectivity index (χ1) is 12.2. The SMILES string of the molecule is CCNC(=O)CN1CCN(C(=O)NC(c2ccccc2)C2CC2)CC1. The molecule has 1 saturated heterocycles. The van der Waals surface area contributed by atoms with Gasteiger partial charge < -0.3 is 15.5 Å². The molecule has 0 bridgehead atoms. The summed E-state index contributed by atoms with van der Waals surface area (Å²) in [6.07, 6.45) is 2.36. The molecule has 3 rings (SSSR count). The van der Waals surface area contributed by atoms with Gasteiger partial charge in [0.1, 0.15) is 0 Å². The summed E-state index contributed by atoms with van der Waals surface area (Å²) in [7, 11) is 0. The zero-order valence-corrected chi connectivity index (χ0v) is 14.9. The van der Waals surface area contributed by atoms with E-state index in [-0.39, 0.29) is 18.0 Å². The molecule has 2 aliphatic rings. The van der Waals surface area contributed by atoms with Crippen molar-refractivity contribution in [3.05, 3.63) is 35.9 Å². The van der Waals surface area contributed by atoms with Crippen molar-refractivity contribution in [2.75, 3.05) is 39.3 Å². The van der Waals surface area contributed by atoms with E-state index in [9.17, 15) is 9.59 Å². The molecule has 2 fully saturated rings. The smallest absolute Gasteiger partial charge is 0.317 e. The van der Waals surface area contributed by atoms with Crippen LogP contribution in [0.1, 0.15) is 31.4 Å². The number of likely N-dealkylation sites (N-methyl/N-ethyl adjacent to an activating group) is 1. The van der Waals surface area contributed by atoms with Crippen molar-refractivity contribution in [2.24, 2.45) is 5.92 Å². The van der Waals surface area contributed by atoms with Crippen molar-refractivity contribution in [3.63, 3.8) is 0 Å². The van der Waals surface area contributed by atoms with Crippen LogP contribution in [0.4, 0.5) is 4.79 Å². The largest absolute Gasteiger partial charge is 0.355 e. The van der Waals surface area contributed by atoms with Crippen molar-refractivity contribution in [1.29, 1.82) is 0 Å². The third-order valence-corrected chi connectivity index (χ3v) is 4.93. The Morgan fingerprint density at radius 2 is 1.80 bits per heavy atom. The fourth-order valence-corrected chi connectivity index (χ4v) is 3.35. The van der Waals surface area contributed by atoms with Gasteiger partial charge in [-0.05, 0) is 31.2 Å². The average molecular weight is 344 g/mol. The fraction of sp³-hybridized carbons (Fsp3) is 0.579. The van der Waals surface area contributed by atoms with Gasteiger partial charge in [0.05, 0.1) is 12.6 Å². The number of carbonyl (C=O) groups excluding carboxylic acids is 2. The Bertz CT molecular complexity index is 580. The third kappa shape index (κ3) is 4.95. The van der Waals surface area contributed by atoms with Crippen molar-refractivity contribution in [1.82, 2.24) is 20.4 Å². The molecule has 1 saturated carbocycles. The van der Waals surface area contributed by atoms with E-state index in [0.717, 1.165) is 13.1 Å². The standard InChI is InChI=1S/C19H28N4O2/c1-2-20-17(24)14-22-10-12-23(13-11-22)19(25)21-18(16-8-9-16)15-6-4-3-5-7-15/h3-7,16,18H,2,8-14H2,1H3,(H,20,24)(H,21,25). The highest BCUT2D eigenvalue weighted by Gasteiger charge is 2.34. The Balaban J connectivity index is 1.49. The van der Waals surface area contributed by atoms with Crippen LogP contribution in [0.3, 0.4) is 0 Å². The molecule has 0 spiro atoms. The number of carbonyl (C=O) groups is 2. The van der Waals surface area contributed by atoms with Crippen LogP contribution in [0.25, 0.3) is 0 Å². The molecule has 1 aromatic rings. The normalized spacial score (nSPS) is 19.3. The van der Waals surface area contributed by atoms with E-state index in [1.807, 2.05) is 30.0 Å². The first kappa shape index (κ1) is 17.7. The maximum atomic E-state index is 12.7. The minimum absolute atomic E-state index is 0.0124. The summed E-state index contributed by atoms with van der Waals surface area (Å²) in [6.45, 7) is 5.80. The molecule has 25 heavy (non-hydrogen) atoms. The van der Waals surface area contributed by atoms with E-state index in [4.69, 9.17) is 0 Å². The zero-order valence-electron chi connectivity index (χ0n) is 14.9. The predicted molar refractivity (Wildman–Crippen MR) is 97.1 cm³/mol. The lowest BCUT2D eigenvalue weighted by Gasteiger charge is -2.35. The lowest BCUT2D eigenvalue weighted by molar-refractivity contribution is -0.122. The van der Waals surface area contributed by atoms with Crippen LogP contribution in [-0.4, -0.2) is 61.0 Å². The van der Waals surface area contributed by atoms with Gasteiger partial charge in [-0.3, -0.25) is 9.69 Å². The fourth-order valence-electron chi connectivity index (χ4n) is 3.35. The number of nitrogens with zero attached hydrogens (tertiary/aromatic N) is 2. The highest BCUT2D eigenvalue weighted by atomic mass is 16.2. The highest BCUT2D eigenvalue weighted by Crippen LogP contribution is 2.41. The van der Waals surface area contributed by atoms with Gasteiger partial charge in [0.25, 0.3) is 0 Å². The van der Waals surface area contributed by atoms with Gasteiger partial charge >= 0.3 is 6.03 Å². The van der Waals surface area contributed by atoms with E-state index >= 15 is 0 Å². The Labute approximate surface area is 149 Å². The van der Waals surface area contributed by atoms with Crippen molar-refractivity contribution in [3.8, 4) is 0 Å². The second-order valence-corrected chi connectivity index (χ2v) is 6.89. The lowest BCUT2D eigenvalue weighted by Crippen LogP contribution is -2.53. The van der Waals surface area contributed by atoms with Gasteiger partial charge in [0.15, 0.2) is 0 Å². The molecule has 1 aliphatic heterocycles. The summed E-state index contributed by atoms with van der Waals surface area (Å²) in [5, 5.41) is 6.05. The van der Waals surface area contributed by atoms with Gasteiger partial charge in [0.2, 0.25) is 5.91 Å². The summed E-state index contributed by atoms with van der Waals surface area (Å²) in [4.78, 5) is 28.3. The Kier molecular flexibility index (Phi) is 5.91. The van der Waals surface area contributed by atoms with Gasteiger partial charge in [0, 0.05) is 32.7 Å². The molecule has 136 valence electrons. The number of hydrogen-bond acceptors (Lipinski definition) is 3. The summed E-state index contributed by atoms with van der Waals surface area (Å²) >= 11 is 0. The summed E-state index contributed by atoms with van der Waals surface area (Å²) < 4.78 is 0. The van der Waals surface area contributed by atoms with Gasteiger partial charge in [-0.2, -0.15) is 0 Å². The number of nitrogens with one attached hydrogen (secondary N) is 2. The summed E-state index contributed by atoms with van der Waals surface area (Å²) in [6, 6.07) is 10.4. The van der Waals surface area contributed by atoms with Crippen molar-refractivity contribution < 1.29 is 9.59 Å². The molecule has 1 heterocycles. The molecule has 6 heteroatoms. The Morgan fingerprint density at radius 3 is 2.40 bits per heavy atom. The van der Waals surface area contributed by atoms with Crippen LogP contribution in [0.15, 0.2) is 30.3 Å². The second kappa shape index (κ2) is 8.34. The predicted octanol–water partition coefficient (Wildman–Crippen LogP) is 1.60. The number of rotatable bonds is 6. The minimum Gasteiger partial charge on any atom is -0.355 e. The summed E-state index contributed by atoms with van der Waals surface area (Å²) in [5.74, 6) is 0.614.